The number of nitrogens with one attached hydrogen (secondary N) is 3. The van der Waals surface area contributed by atoms with Gasteiger partial charge in [0.1, 0.15) is 5.69 Å². The molecule has 120 valence electrons. The zero-order chi connectivity index (χ0) is 14.8. The Morgan fingerprint density at radius 2 is 2.32 bits per heavy atom. The zero-order valence-electron chi connectivity index (χ0n) is 12.7. The Kier molecular flexibility index (Phi) is 5.20. The standard InChI is InChI=1S/C14H20N6O.ClH/c1-9-7-10(3-4-15-9)14(21)17-12-8-11(18-19-12)13-16-5-6-20(13)2;/h5-6,8-10,15H,3-4,7H2,1-2H3,(H2,17,18,19,21);1H/t9-,10-;/m0./s1. The molecule has 2 aromatic rings. The number of amides is 1. The van der Waals surface area contributed by atoms with E-state index in [1.165, 1.54) is 0 Å². The molecule has 3 rings (SSSR count). The van der Waals surface area contributed by atoms with Gasteiger partial charge in [0.15, 0.2) is 11.6 Å². The average molecular weight is 325 g/mol. The Morgan fingerprint density at radius 1 is 1.50 bits per heavy atom. The molecule has 0 aromatic carbocycles. The highest BCUT2D eigenvalue weighted by Gasteiger charge is 2.25. The number of nitrogens with zero attached hydrogens (tertiary/aromatic N) is 3. The summed E-state index contributed by atoms with van der Waals surface area (Å²) in [5, 5.41) is 13.3. The third kappa shape index (κ3) is 3.48. The first-order valence-electron chi connectivity index (χ1n) is 7.21. The summed E-state index contributed by atoms with van der Waals surface area (Å²) >= 11 is 0. The van der Waals surface area contributed by atoms with E-state index in [2.05, 4.69) is 32.7 Å². The highest BCUT2D eigenvalue weighted by atomic mass is 35.5. The van der Waals surface area contributed by atoms with E-state index in [9.17, 15) is 4.79 Å². The fraction of sp³-hybridized carbons (Fsp3) is 0.500. The van der Waals surface area contributed by atoms with E-state index in [1.807, 2.05) is 23.9 Å². The molecule has 1 fully saturated rings. The minimum atomic E-state index is 0. The van der Waals surface area contributed by atoms with Crippen LogP contribution in [-0.4, -0.2) is 38.2 Å². The van der Waals surface area contributed by atoms with Gasteiger partial charge in [-0.3, -0.25) is 9.89 Å². The lowest BCUT2D eigenvalue weighted by atomic mass is 9.92. The minimum Gasteiger partial charge on any atom is -0.333 e. The molecule has 22 heavy (non-hydrogen) atoms. The number of aromatic amines is 1. The smallest absolute Gasteiger partial charge is 0.228 e. The van der Waals surface area contributed by atoms with Crippen LogP contribution < -0.4 is 10.6 Å². The molecule has 0 bridgehead atoms. The van der Waals surface area contributed by atoms with Crippen LogP contribution in [0.2, 0.25) is 0 Å². The maximum absolute atomic E-state index is 12.3. The van der Waals surface area contributed by atoms with E-state index in [1.54, 1.807) is 6.20 Å². The Hall–Kier alpha value is -1.86. The van der Waals surface area contributed by atoms with Crippen molar-refractivity contribution >= 4 is 24.1 Å². The van der Waals surface area contributed by atoms with Crippen molar-refractivity contribution in [3.8, 4) is 11.5 Å². The van der Waals surface area contributed by atoms with Crippen LogP contribution in [0.15, 0.2) is 18.5 Å². The molecule has 0 radical (unpaired) electrons. The number of carbonyl (C=O) groups excluding carboxylic acids is 1. The Morgan fingerprint density at radius 3 is 3.00 bits per heavy atom. The summed E-state index contributed by atoms with van der Waals surface area (Å²) in [6, 6.07) is 2.20. The van der Waals surface area contributed by atoms with E-state index in [0.29, 0.717) is 11.9 Å². The molecule has 1 aliphatic heterocycles. The van der Waals surface area contributed by atoms with Crippen LogP contribution in [0.25, 0.3) is 11.5 Å². The van der Waals surface area contributed by atoms with Crippen molar-refractivity contribution < 1.29 is 4.79 Å². The van der Waals surface area contributed by atoms with Gasteiger partial charge in [-0.05, 0) is 26.3 Å². The van der Waals surface area contributed by atoms with Crippen LogP contribution in [0.4, 0.5) is 5.82 Å². The second-order valence-corrected chi connectivity index (χ2v) is 5.59. The first-order chi connectivity index (χ1) is 10.1. The second-order valence-electron chi connectivity index (χ2n) is 5.59. The third-order valence-electron chi connectivity index (χ3n) is 3.89. The predicted molar refractivity (Wildman–Crippen MR) is 86.9 cm³/mol. The van der Waals surface area contributed by atoms with Crippen molar-refractivity contribution in [1.82, 2.24) is 25.1 Å². The molecule has 8 heteroatoms. The van der Waals surface area contributed by atoms with Gasteiger partial charge in [-0.2, -0.15) is 5.10 Å². The molecule has 1 saturated heterocycles. The minimum absolute atomic E-state index is 0. The summed E-state index contributed by atoms with van der Waals surface area (Å²) in [5.74, 6) is 1.43. The van der Waals surface area contributed by atoms with Crippen LogP contribution in [0.3, 0.4) is 0 Å². The van der Waals surface area contributed by atoms with E-state index in [-0.39, 0.29) is 24.2 Å². The number of H-pyrrole nitrogens is 1. The topological polar surface area (TPSA) is 87.6 Å². The summed E-state index contributed by atoms with van der Waals surface area (Å²) in [7, 11) is 1.91. The molecular formula is C14H21ClN6O. The Labute approximate surface area is 135 Å². The zero-order valence-corrected chi connectivity index (χ0v) is 13.5. The van der Waals surface area contributed by atoms with Crippen LogP contribution in [-0.2, 0) is 11.8 Å². The molecule has 2 atom stereocenters. The highest BCUT2D eigenvalue weighted by molar-refractivity contribution is 5.92. The summed E-state index contributed by atoms with van der Waals surface area (Å²) in [4.78, 5) is 16.5. The Bertz CT molecular complexity index is 637. The quantitative estimate of drug-likeness (QED) is 0.799. The Balaban J connectivity index is 0.00000176. The number of halogens is 1. The number of rotatable bonds is 3. The molecule has 0 saturated carbocycles. The van der Waals surface area contributed by atoms with E-state index in [4.69, 9.17) is 0 Å². The number of hydrogen-bond donors (Lipinski definition) is 3. The number of piperidine rings is 1. The summed E-state index contributed by atoms with van der Waals surface area (Å²) in [6.45, 7) is 2.99. The molecule has 0 spiro atoms. The molecule has 0 aliphatic carbocycles. The molecule has 3 heterocycles. The van der Waals surface area contributed by atoms with Crippen LogP contribution in [0, 0.1) is 5.92 Å². The second kappa shape index (κ2) is 6.93. The number of carbonyl (C=O) groups is 1. The van der Waals surface area contributed by atoms with Gasteiger partial charge in [0.25, 0.3) is 0 Å². The predicted octanol–water partition coefficient (Wildman–Crippen LogP) is 1.56. The fourth-order valence-corrected chi connectivity index (χ4v) is 2.72. The summed E-state index contributed by atoms with van der Waals surface area (Å²) in [5.41, 5.74) is 0.788. The van der Waals surface area contributed by atoms with Gasteiger partial charge in [0.05, 0.1) is 0 Å². The van der Waals surface area contributed by atoms with Crippen molar-refractivity contribution in [3.05, 3.63) is 18.5 Å². The molecule has 1 aliphatic rings. The highest BCUT2D eigenvalue weighted by Crippen LogP contribution is 2.20. The van der Waals surface area contributed by atoms with E-state index < -0.39 is 0 Å². The van der Waals surface area contributed by atoms with Crippen molar-refractivity contribution in [3.63, 3.8) is 0 Å². The lowest BCUT2D eigenvalue weighted by molar-refractivity contribution is -0.120. The van der Waals surface area contributed by atoms with Crippen molar-refractivity contribution in [2.45, 2.75) is 25.8 Å². The molecule has 1 amide bonds. The van der Waals surface area contributed by atoms with Crippen LogP contribution >= 0.6 is 12.4 Å². The average Bonchev–Trinajstić information content (AvgIpc) is 3.07. The first-order valence-corrected chi connectivity index (χ1v) is 7.21. The van der Waals surface area contributed by atoms with Gasteiger partial charge in [0.2, 0.25) is 5.91 Å². The summed E-state index contributed by atoms with van der Waals surface area (Å²) < 4.78 is 1.90. The SMILES string of the molecule is C[C@H]1C[C@@H](C(=O)Nc2cc(-c3nccn3C)[nH]n2)CCN1.Cl. The monoisotopic (exact) mass is 324 g/mol. The van der Waals surface area contributed by atoms with Crippen molar-refractivity contribution in [2.24, 2.45) is 13.0 Å². The van der Waals surface area contributed by atoms with E-state index >= 15 is 0 Å². The molecule has 7 nitrogen and oxygen atoms in total. The molecule has 0 unspecified atom stereocenters. The van der Waals surface area contributed by atoms with Gasteiger partial charge in [0, 0.05) is 37.5 Å². The van der Waals surface area contributed by atoms with Crippen molar-refractivity contribution in [1.29, 1.82) is 0 Å². The van der Waals surface area contributed by atoms with Crippen LogP contribution in [0.5, 0.6) is 0 Å². The van der Waals surface area contributed by atoms with Gasteiger partial charge < -0.3 is 15.2 Å². The number of imidazole rings is 1. The van der Waals surface area contributed by atoms with Gasteiger partial charge in [-0.25, -0.2) is 4.98 Å². The lowest BCUT2D eigenvalue weighted by Gasteiger charge is -2.26. The largest absolute Gasteiger partial charge is 0.333 e. The van der Waals surface area contributed by atoms with Gasteiger partial charge >= 0.3 is 0 Å². The maximum Gasteiger partial charge on any atom is 0.228 e. The summed E-state index contributed by atoms with van der Waals surface area (Å²) in [6.07, 6.45) is 5.32. The van der Waals surface area contributed by atoms with Crippen LogP contribution in [0.1, 0.15) is 19.8 Å². The normalized spacial score (nSPS) is 21.2. The molecule has 2 aromatic heterocycles. The number of aromatic nitrogens is 4. The molecular weight excluding hydrogens is 304 g/mol. The maximum atomic E-state index is 12.3. The lowest BCUT2D eigenvalue weighted by Crippen LogP contribution is -2.40. The third-order valence-corrected chi connectivity index (χ3v) is 3.89. The first kappa shape index (κ1) is 16.5. The number of hydrogen-bond acceptors (Lipinski definition) is 4. The number of anilines is 1. The van der Waals surface area contributed by atoms with E-state index in [0.717, 1.165) is 30.9 Å². The van der Waals surface area contributed by atoms with Gasteiger partial charge in [-0.1, -0.05) is 0 Å². The molecule has 3 N–H and O–H groups in total. The van der Waals surface area contributed by atoms with Gasteiger partial charge in [-0.15, -0.1) is 12.4 Å². The fourth-order valence-electron chi connectivity index (χ4n) is 2.72. The number of aryl methyl sites for hydroxylation is 1. The van der Waals surface area contributed by atoms with Crippen molar-refractivity contribution in [2.75, 3.05) is 11.9 Å².